The van der Waals surface area contributed by atoms with Gasteiger partial charge in [-0.1, -0.05) is 23.7 Å². The predicted octanol–water partition coefficient (Wildman–Crippen LogP) is 1.93. The zero-order valence-corrected chi connectivity index (χ0v) is 12.1. The van der Waals surface area contributed by atoms with Crippen LogP contribution in [0.15, 0.2) is 33.8 Å². The standard InChI is InChI=1S/C12H12ClNO5S/c1-2-18-10(15)7-14-20(16,17)12-11(13)8-5-3-4-6-9(8)19-12/h3-6,14H,2,7H2,1H3. The van der Waals surface area contributed by atoms with Crippen LogP contribution in [0.3, 0.4) is 0 Å². The largest absolute Gasteiger partial charge is 0.465 e. The highest BCUT2D eigenvalue weighted by Crippen LogP contribution is 2.33. The molecule has 1 heterocycles. The van der Waals surface area contributed by atoms with Gasteiger partial charge in [-0.05, 0) is 19.1 Å². The van der Waals surface area contributed by atoms with Crippen molar-refractivity contribution in [2.24, 2.45) is 0 Å². The first-order chi connectivity index (χ1) is 9.45. The van der Waals surface area contributed by atoms with Crippen LogP contribution in [-0.4, -0.2) is 27.5 Å². The molecule has 8 heteroatoms. The van der Waals surface area contributed by atoms with Crippen molar-refractivity contribution >= 4 is 38.6 Å². The minimum atomic E-state index is -4.02. The zero-order chi connectivity index (χ0) is 14.8. The van der Waals surface area contributed by atoms with Gasteiger partial charge in [0, 0.05) is 5.39 Å². The lowest BCUT2D eigenvalue weighted by Gasteiger charge is -2.04. The van der Waals surface area contributed by atoms with Gasteiger partial charge in [-0.2, -0.15) is 4.72 Å². The van der Waals surface area contributed by atoms with Crippen molar-refractivity contribution in [1.82, 2.24) is 4.72 Å². The number of halogens is 1. The lowest BCUT2D eigenvalue weighted by Crippen LogP contribution is -2.30. The van der Waals surface area contributed by atoms with Gasteiger partial charge in [0.05, 0.1) is 6.61 Å². The zero-order valence-electron chi connectivity index (χ0n) is 10.6. The first-order valence-electron chi connectivity index (χ1n) is 5.78. The van der Waals surface area contributed by atoms with Gasteiger partial charge in [0.15, 0.2) is 0 Å². The Morgan fingerprint density at radius 2 is 2.10 bits per heavy atom. The summed E-state index contributed by atoms with van der Waals surface area (Å²) >= 11 is 5.99. The van der Waals surface area contributed by atoms with Crippen molar-refractivity contribution in [1.29, 1.82) is 0 Å². The Bertz CT molecular complexity index is 737. The van der Waals surface area contributed by atoms with Gasteiger partial charge >= 0.3 is 5.97 Å². The van der Waals surface area contributed by atoms with Gasteiger partial charge in [0.1, 0.15) is 17.2 Å². The second-order valence-corrected chi connectivity index (χ2v) is 5.87. The van der Waals surface area contributed by atoms with Gasteiger partial charge in [-0.25, -0.2) is 8.42 Å². The monoisotopic (exact) mass is 317 g/mol. The van der Waals surface area contributed by atoms with Crippen LogP contribution in [0.1, 0.15) is 6.92 Å². The van der Waals surface area contributed by atoms with E-state index in [0.29, 0.717) is 11.0 Å². The van der Waals surface area contributed by atoms with Crippen LogP contribution in [0, 0.1) is 0 Å². The minimum Gasteiger partial charge on any atom is -0.465 e. The van der Waals surface area contributed by atoms with Crippen LogP contribution in [0.5, 0.6) is 0 Å². The van der Waals surface area contributed by atoms with Gasteiger partial charge in [-0.15, -0.1) is 0 Å². The number of hydrogen-bond acceptors (Lipinski definition) is 5. The molecule has 1 aromatic carbocycles. The molecule has 0 aliphatic carbocycles. The molecule has 0 saturated carbocycles. The summed E-state index contributed by atoms with van der Waals surface area (Å²) < 4.78 is 36.0. The highest BCUT2D eigenvalue weighted by molar-refractivity contribution is 7.89. The molecule has 0 fully saturated rings. The highest BCUT2D eigenvalue weighted by atomic mass is 35.5. The SMILES string of the molecule is CCOC(=O)CNS(=O)(=O)c1oc2ccccc2c1Cl. The molecule has 0 spiro atoms. The molecule has 0 saturated heterocycles. The number of para-hydroxylation sites is 1. The fraction of sp³-hybridized carbons (Fsp3) is 0.250. The third-order valence-corrected chi connectivity index (χ3v) is 4.25. The lowest BCUT2D eigenvalue weighted by atomic mass is 10.3. The molecule has 0 aliphatic heterocycles. The summed E-state index contributed by atoms with van der Waals surface area (Å²) in [6, 6.07) is 6.66. The number of carbonyl (C=O) groups excluding carboxylic acids is 1. The van der Waals surface area contributed by atoms with Crippen LogP contribution in [0.2, 0.25) is 5.02 Å². The first kappa shape index (κ1) is 14.8. The third kappa shape index (κ3) is 2.95. The van der Waals surface area contributed by atoms with Crippen LogP contribution in [0.25, 0.3) is 11.0 Å². The number of rotatable bonds is 5. The van der Waals surface area contributed by atoms with Crippen molar-refractivity contribution in [2.75, 3.05) is 13.2 Å². The molecule has 1 aromatic heterocycles. The number of nitrogens with one attached hydrogen (secondary N) is 1. The van der Waals surface area contributed by atoms with E-state index in [1.807, 2.05) is 0 Å². The number of benzene rings is 1. The number of furan rings is 1. The molecule has 0 radical (unpaired) electrons. The number of ether oxygens (including phenoxy) is 1. The number of sulfonamides is 1. The van der Waals surface area contributed by atoms with E-state index in [-0.39, 0.29) is 11.6 Å². The molecular weight excluding hydrogens is 306 g/mol. The summed E-state index contributed by atoms with van der Waals surface area (Å²) in [5.41, 5.74) is 0.356. The van der Waals surface area contributed by atoms with Crippen LogP contribution in [0.4, 0.5) is 0 Å². The summed E-state index contributed by atoms with van der Waals surface area (Å²) in [7, 11) is -4.02. The molecule has 2 aromatic rings. The van der Waals surface area contributed by atoms with Crippen LogP contribution in [-0.2, 0) is 19.6 Å². The van der Waals surface area contributed by atoms with Gasteiger partial charge in [-0.3, -0.25) is 4.79 Å². The second kappa shape index (κ2) is 5.82. The molecule has 20 heavy (non-hydrogen) atoms. The van der Waals surface area contributed by atoms with Crippen molar-refractivity contribution in [3.63, 3.8) is 0 Å². The first-order valence-corrected chi connectivity index (χ1v) is 7.64. The Balaban J connectivity index is 2.28. The van der Waals surface area contributed by atoms with E-state index >= 15 is 0 Å². The highest BCUT2D eigenvalue weighted by Gasteiger charge is 2.25. The maximum Gasteiger partial charge on any atom is 0.321 e. The Morgan fingerprint density at radius 1 is 1.40 bits per heavy atom. The maximum absolute atomic E-state index is 12.0. The van der Waals surface area contributed by atoms with Gasteiger partial charge in [0.25, 0.3) is 15.1 Å². The fourth-order valence-electron chi connectivity index (χ4n) is 1.60. The summed E-state index contributed by atoms with van der Waals surface area (Å²) in [5.74, 6) is -0.677. The van der Waals surface area contributed by atoms with E-state index in [9.17, 15) is 13.2 Å². The molecule has 108 valence electrons. The van der Waals surface area contributed by atoms with E-state index in [1.165, 1.54) is 0 Å². The summed E-state index contributed by atoms with van der Waals surface area (Å²) in [4.78, 5) is 11.2. The predicted molar refractivity (Wildman–Crippen MR) is 73.0 cm³/mol. The fourth-order valence-corrected chi connectivity index (χ4v) is 3.08. The van der Waals surface area contributed by atoms with E-state index in [1.54, 1.807) is 31.2 Å². The molecule has 1 N–H and O–H groups in total. The van der Waals surface area contributed by atoms with Crippen LogP contribution >= 0.6 is 11.6 Å². The molecular formula is C12H12ClNO5S. The van der Waals surface area contributed by atoms with Gasteiger partial charge in [0.2, 0.25) is 0 Å². The molecule has 0 aliphatic rings. The third-order valence-electron chi connectivity index (χ3n) is 2.46. The van der Waals surface area contributed by atoms with Crippen molar-refractivity contribution in [3.05, 3.63) is 29.3 Å². The number of hydrogen-bond donors (Lipinski definition) is 1. The normalized spacial score (nSPS) is 11.7. The number of carbonyl (C=O) groups is 1. The van der Waals surface area contributed by atoms with E-state index in [2.05, 4.69) is 9.46 Å². The Morgan fingerprint density at radius 3 is 2.75 bits per heavy atom. The Kier molecular flexibility index (Phi) is 4.32. The van der Waals surface area contributed by atoms with Crippen molar-refractivity contribution in [2.45, 2.75) is 12.0 Å². The molecule has 0 atom stereocenters. The van der Waals surface area contributed by atoms with Crippen molar-refractivity contribution < 1.29 is 22.4 Å². The van der Waals surface area contributed by atoms with Gasteiger partial charge < -0.3 is 9.15 Å². The van der Waals surface area contributed by atoms with Crippen molar-refractivity contribution in [3.8, 4) is 0 Å². The van der Waals surface area contributed by atoms with E-state index < -0.39 is 27.6 Å². The molecule has 2 rings (SSSR count). The number of fused-ring (bicyclic) bond motifs is 1. The lowest BCUT2D eigenvalue weighted by molar-refractivity contribution is -0.141. The summed E-state index contributed by atoms with van der Waals surface area (Å²) in [5, 5.41) is 0.0623. The maximum atomic E-state index is 12.0. The van der Waals surface area contributed by atoms with E-state index in [0.717, 1.165) is 0 Å². The quantitative estimate of drug-likeness (QED) is 0.852. The van der Waals surface area contributed by atoms with E-state index in [4.69, 9.17) is 16.0 Å². The molecule has 0 bridgehead atoms. The summed E-state index contributed by atoms with van der Waals surface area (Å²) in [6.45, 7) is 1.32. The number of esters is 1. The van der Waals surface area contributed by atoms with Crippen LogP contribution < -0.4 is 4.72 Å². The molecule has 6 nitrogen and oxygen atoms in total. The average Bonchev–Trinajstić information content (AvgIpc) is 2.76. The second-order valence-electron chi connectivity index (χ2n) is 3.83. The Hall–Kier alpha value is -1.57. The molecule has 0 amide bonds. The Labute approximate surface area is 120 Å². The smallest absolute Gasteiger partial charge is 0.321 e. The summed E-state index contributed by atoms with van der Waals surface area (Å²) in [6.07, 6.45) is 0. The average molecular weight is 318 g/mol. The molecule has 0 unspecified atom stereocenters. The minimum absolute atomic E-state index is 0.0167. The topological polar surface area (TPSA) is 85.6 Å².